The summed E-state index contributed by atoms with van der Waals surface area (Å²) in [4.78, 5) is 0. The summed E-state index contributed by atoms with van der Waals surface area (Å²) in [5.41, 5.74) is 2.89. The molecule has 0 aliphatic heterocycles. The molecule has 0 heterocycles. The van der Waals surface area contributed by atoms with Crippen LogP contribution in [-0.4, -0.2) is 0 Å². The van der Waals surface area contributed by atoms with Crippen molar-refractivity contribution in [3.63, 3.8) is 0 Å². The lowest BCUT2D eigenvalue weighted by atomic mass is 10.0. The first-order valence-electron chi connectivity index (χ1n) is 5.62. The summed E-state index contributed by atoms with van der Waals surface area (Å²) in [5.74, 6) is 5.32. The van der Waals surface area contributed by atoms with Gasteiger partial charge >= 0.3 is 0 Å². The molecule has 2 rings (SSSR count). The van der Waals surface area contributed by atoms with Crippen LogP contribution in [0.15, 0.2) is 18.2 Å². The number of hydrogen-bond donors (Lipinski definition) is 2. The van der Waals surface area contributed by atoms with Gasteiger partial charge in [0.15, 0.2) is 0 Å². The Morgan fingerprint density at radius 3 is 2.75 bits per heavy atom. The molecule has 0 saturated heterocycles. The van der Waals surface area contributed by atoms with Gasteiger partial charge in [-0.3, -0.25) is 11.3 Å². The SMILES string of the molecule is NNC(CCC1CC1)c1cc(F)ccc1F. The topological polar surface area (TPSA) is 38.0 Å². The molecule has 1 aliphatic carbocycles. The Balaban J connectivity index is 2.07. The molecule has 0 radical (unpaired) electrons. The van der Waals surface area contributed by atoms with Crippen molar-refractivity contribution in [1.82, 2.24) is 5.43 Å². The third-order valence-electron chi connectivity index (χ3n) is 3.10. The first kappa shape index (κ1) is 11.5. The monoisotopic (exact) mass is 226 g/mol. The molecule has 88 valence electrons. The van der Waals surface area contributed by atoms with Crippen molar-refractivity contribution in [3.8, 4) is 0 Å². The molecule has 0 spiro atoms. The lowest BCUT2D eigenvalue weighted by Crippen LogP contribution is -2.28. The van der Waals surface area contributed by atoms with Crippen LogP contribution < -0.4 is 11.3 Å². The van der Waals surface area contributed by atoms with Crippen LogP contribution in [0.3, 0.4) is 0 Å². The third kappa shape index (κ3) is 2.77. The van der Waals surface area contributed by atoms with Crippen molar-refractivity contribution in [2.45, 2.75) is 31.7 Å². The molecule has 0 amide bonds. The van der Waals surface area contributed by atoms with E-state index in [9.17, 15) is 8.78 Å². The largest absolute Gasteiger partial charge is 0.271 e. The number of benzene rings is 1. The quantitative estimate of drug-likeness (QED) is 0.598. The van der Waals surface area contributed by atoms with Crippen molar-refractivity contribution in [2.75, 3.05) is 0 Å². The van der Waals surface area contributed by atoms with Crippen LogP contribution in [0.5, 0.6) is 0 Å². The Morgan fingerprint density at radius 1 is 1.38 bits per heavy atom. The standard InChI is InChI=1S/C12H16F2N2/c13-9-4-5-11(14)10(7-9)12(16-15)6-3-8-1-2-8/h4-5,7-8,12,16H,1-3,6,15H2. The van der Waals surface area contributed by atoms with Gasteiger partial charge in [0.2, 0.25) is 0 Å². The molecule has 1 fully saturated rings. The Kier molecular flexibility index (Phi) is 3.51. The second kappa shape index (κ2) is 4.89. The van der Waals surface area contributed by atoms with Crippen LogP contribution in [0, 0.1) is 17.6 Å². The Morgan fingerprint density at radius 2 is 2.12 bits per heavy atom. The fraction of sp³-hybridized carbons (Fsp3) is 0.500. The lowest BCUT2D eigenvalue weighted by molar-refractivity contribution is 0.456. The van der Waals surface area contributed by atoms with Gasteiger partial charge in [-0.05, 0) is 37.0 Å². The molecule has 1 saturated carbocycles. The lowest BCUT2D eigenvalue weighted by Gasteiger charge is -2.16. The molecule has 3 N–H and O–H groups in total. The minimum absolute atomic E-state index is 0.295. The predicted octanol–water partition coefficient (Wildman–Crippen LogP) is 2.66. The van der Waals surface area contributed by atoms with Crippen molar-refractivity contribution in [1.29, 1.82) is 0 Å². The van der Waals surface area contributed by atoms with Gasteiger partial charge in [0.25, 0.3) is 0 Å². The fourth-order valence-corrected chi connectivity index (χ4v) is 1.92. The van der Waals surface area contributed by atoms with Crippen LogP contribution in [0.25, 0.3) is 0 Å². The molecule has 1 aromatic rings. The van der Waals surface area contributed by atoms with E-state index in [2.05, 4.69) is 5.43 Å². The van der Waals surface area contributed by atoms with Crippen LogP contribution in [0.2, 0.25) is 0 Å². The van der Waals surface area contributed by atoms with E-state index in [1.54, 1.807) is 0 Å². The molecule has 0 bridgehead atoms. The minimum Gasteiger partial charge on any atom is -0.271 e. The van der Waals surface area contributed by atoms with Gasteiger partial charge in [0, 0.05) is 11.6 Å². The number of nitrogens with one attached hydrogen (secondary N) is 1. The van der Waals surface area contributed by atoms with E-state index in [-0.39, 0.29) is 6.04 Å². The first-order valence-corrected chi connectivity index (χ1v) is 5.62. The number of rotatable bonds is 5. The molecule has 4 heteroatoms. The summed E-state index contributed by atoms with van der Waals surface area (Å²) >= 11 is 0. The highest BCUT2D eigenvalue weighted by atomic mass is 19.1. The minimum atomic E-state index is -0.428. The number of halogens is 2. The maximum atomic E-state index is 13.5. The van der Waals surface area contributed by atoms with Crippen LogP contribution in [0.4, 0.5) is 8.78 Å². The zero-order valence-electron chi connectivity index (χ0n) is 9.05. The zero-order chi connectivity index (χ0) is 11.5. The molecule has 1 atom stereocenters. The highest BCUT2D eigenvalue weighted by molar-refractivity contribution is 5.22. The number of hydrogen-bond acceptors (Lipinski definition) is 2. The molecule has 1 unspecified atom stereocenters. The van der Waals surface area contributed by atoms with E-state index in [1.807, 2.05) is 0 Å². The molecule has 1 aliphatic rings. The summed E-state index contributed by atoms with van der Waals surface area (Å²) in [6.07, 6.45) is 4.28. The normalized spacial score (nSPS) is 17.4. The van der Waals surface area contributed by atoms with E-state index in [4.69, 9.17) is 5.84 Å². The average molecular weight is 226 g/mol. The van der Waals surface area contributed by atoms with E-state index in [0.29, 0.717) is 5.56 Å². The Hall–Kier alpha value is -1.00. The number of nitrogens with two attached hydrogens (primary N) is 1. The second-order valence-corrected chi connectivity index (χ2v) is 4.41. The summed E-state index contributed by atoms with van der Waals surface area (Å²) in [5, 5.41) is 0. The van der Waals surface area contributed by atoms with Gasteiger partial charge in [-0.2, -0.15) is 0 Å². The van der Waals surface area contributed by atoms with Crippen molar-refractivity contribution < 1.29 is 8.78 Å². The maximum Gasteiger partial charge on any atom is 0.128 e. The van der Waals surface area contributed by atoms with Gasteiger partial charge in [-0.25, -0.2) is 8.78 Å². The van der Waals surface area contributed by atoms with E-state index in [0.717, 1.165) is 30.9 Å². The van der Waals surface area contributed by atoms with Gasteiger partial charge in [0.05, 0.1) is 0 Å². The third-order valence-corrected chi connectivity index (χ3v) is 3.10. The highest BCUT2D eigenvalue weighted by Crippen LogP contribution is 2.36. The van der Waals surface area contributed by atoms with E-state index < -0.39 is 11.6 Å². The van der Waals surface area contributed by atoms with E-state index >= 15 is 0 Å². The molecule has 0 aromatic heterocycles. The summed E-state index contributed by atoms with van der Waals surface area (Å²) in [7, 11) is 0. The highest BCUT2D eigenvalue weighted by Gasteiger charge is 2.23. The van der Waals surface area contributed by atoms with Gasteiger partial charge in [-0.1, -0.05) is 12.8 Å². The maximum absolute atomic E-state index is 13.5. The first-order chi connectivity index (χ1) is 7.70. The molecule has 16 heavy (non-hydrogen) atoms. The Labute approximate surface area is 93.8 Å². The van der Waals surface area contributed by atoms with E-state index in [1.165, 1.54) is 18.9 Å². The Bertz CT molecular complexity index is 364. The molecule has 2 nitrogen and oxygen atoms in total. The molecular formula is C12H16F2N2. The summed E-state index contributed by atoms with van der Waals surface area (Å²) in [6, 6.07) is 3.18. The van der Waals surface area contributed by atoms with Crippen molar-refractivity contribution in [3.05, 3.63) is 35.4 Å². The second-order valence-electron chi connectivity index (χ2n) is 4.41. The predicted molar refractivity (Wildman–Crippen MR) is 58.4 cm³/mol. The summed E-state index contributed by atoms with van der Waals surface area (Å²) in [6.45, 7) is 0. The van der Waals surface area contributed by atoms with Gasteiger partial charge < -0.3 is 0 Å². The van der Waals surface area contributed by atoms with Crippen LogP contribution in [-0.2, 0) is 0 Å². The van der Waals surface area contributed by atoms with Crippen molar-refractivity contribution >= 4 is 0 Å². The fourth-order valence-electron chi connectivity index (χ4n) is 1.92. The summed E-state index contributed by atoms with van der Waals surface area (Å²) < 4.78 is 26.5. The zero-order valence-corrected chi connectivity index (χ0v) is 9.05. The van der Waals surface area contributed by atoms with Crippen LogP contribution >= 0.6 is 0 Å². The smallest absolute Gasteiger partial charge is 0.128 e. The van der Waals surface area contributed by atoms with Gasteiger partial charge in [-0.15, -0.1) is 0 Å². The number of hydrazine groups is 1. The van der Waals surface area contributed by atoms with Gasteiger partial charge in [0.1, 0.15) is 11.6 Å². The van der Waals surface area contributed by atoms with Crippen molar-refractivity contribution in [2.24, 2.45) is 11.8 Å². The van der Waals surface area contributed by atoms with Crippen LogP contribution in [0.1, 0.15) is 37.3 Å². The average Bonchev–Trinajstić information content (AvgIpc) is 3.07. The molecule has 1 aromatic carbocycles. The molecular weight excluding hydrogens is 210 g/mol.